The molecule has 1 N–H and O–H groups in total. The van der Waals surface area contributed by atoms with Crippen molar-refractivity contribution in [3.63, 3.8) is 0 Å². The van der Waals surface area contributed by atoms with Gasteiger partial charge in [-0.1, -0.05) is 48.5 Å². The molecule has 3 amide bonds. The predicted molar refractivity (Wildman–Crippen MR) is 147 cm³/mol. The van der Waals surface area contributed by atoms with E-state index in [0.29, 0.717) is 18.1 Å². The van der Waals surface area contributed by atoms with Crippen molar-refractivity contribution >= 4 is 23.6 Å². The second-order valence-electron chi connectivity index (χ2n) is 9.39. The number of aryl methyl sites for hydroxylation is 2. The highest BCUT2D eigenvalue weighted by atomic mass is 16.6. The zero-order valence-corrected chi connectivity index (χ0v) is 22.6. The lowest BCUT2D eigenvalue weighted by molar-refractivity contribution is 0.0378. The summed E-state index contributed by atoms with van der Waals surface area (Å²) in [4.78, 5) is 52.2. The molecule has 1 atom stereocenters. The van der Waals surface area contributed by atoms with Crippen LogP contribution in [0.3, 0.4) is 0 Å². The van der Waals surface area contributed by atoms with Crippen LogP contribution in [-0.4, -0.2) is 83.7 Å². The number of aromatic nitrogens is 2. The fourth-order valence-electron chi connectivity index (χ4n) is 4.47. The molecule has 1 aliphatic heterocycles. The first-order chi connectivity index (χ1) is 18.8. The van der Waals surface area contributed by atoms with E-state index in [0.717, 1.165) is 16.8 Å². The number of amides is 3. The van der Waals surface area contributed by atoms with Crippen molar-refractivity contribution in [3.05, 3.63) is 77.1 Å². The monoisotopic (exact) mass is 531 g/mol. The standard InChI is InChI=1S/C29H33N5O5/c1-19-10-8-9-13-23(19)31-29(37)34-15-14-33(18-20(34)2)27(35)25-24(28(36)39-17-16-38-4)21(3)30-26(32-25)22-11-6-5-7-12-22/h5-13,20H,14-18H2,1-4H3,(H,31,37). The Kier molecular flexibility index (Phi) is 8.88. The molecule has 204 valence electrons. The number of carbonyl (C=O) groups excluding carboxylic acids is 3. The van der Waals surface area contributed by atoms with Crippen molar-refractivity contribution in [2.75, 3.05) is 45.3 Å². The van der Waals surface area contributed by atoms with Gasteiger partial charge in [-0.2, -0.15) is 0 Å². The molecule has 0 spiro atoms. The largest absolute Gasteiger partial charge is 0.460 e. The smallest absolute Gasteiger partial charge is 0.342 e. The molecule has 0 saturated carbocycles. The summed E-state index contributed by atoms with van der Waals surface area (Å²) < 4.78 is 10.3. The summed E-state index contributed by atoms with van der Waals surface area (Å²) >= 11 is 0. The van der Waals surface area contributed by atoms with Crippen LogP contribution in [0.1, 0.15) is 39.0 Å². The molecule has 10 nitrogen and oxygen atoms in total. The lowest BCUT2D eigenvalue weighted by Gasteiger charge is -2.39. The first-order valence-corrected chi connectivity index (χ1v) is 12.8. The molecule has 1 unspecified atom stereocenters. The van der Waals surface area contributed by atoms with Gasteiger partial charge in [-0.25, -0.2) is 19.6 Å². The third kappa shape index (κ3) is 6.40. The maximum absolute atomic E-state index is 13.8. The van der Waals surface area contributed by atoms with Gasteiger partial charge in [-0.15, -0.1) is 0 Å². The second kappa shape index (κ2) is 12.5. The number of nitrogens with one attached hydrogen (secondary N) is 1. The van der Waals surface area contributed by atoms with E-state index in [1.807, 2.05) is 68.4 Å². The van der Waals surface area contributed by atoms with Gasteiger partial charge in [0.15, 0.2) is 5.82 Å². The van der Waals surface area contributed by atoms with Gasteiger partial charge in [0.2, 0.25) is 0 Å². The van der Waals surface area contributed by atoms with Gasteiger partial charge in [-0.05, 0) is 32.4 Å². The number of hydrogen-bond donors (Lipinski definition) is 1. The van der Waals surface area contributed by atoms with Crippen LogP contribution in [0.25, 0.3) is 11.4 Å². The number of carbonyl (C=O) groups is 3. The molecule has 4 rings (SSSR count). The second-order valence-corrected chi connectivity index (χ2v) is 9.39. The summed E-state index contributed by atoms with van der Waals surface area (Å²) in [5, 5.41) is 2.96. The van der Waals surface area contributed by atoms with Crippen LogP contribution in [0.5, 0.6) is 0 Å². The Morgan fingerprint density at radius 2 is 1.69 bits per heavy atom. The van der Waals surface area contributed by atoms with E-state index in [2.05, 4.69) is 15.3 Å². The molecule has 2 aromatic carbocycles. The van der Waals surface area contributed by atoms with Gasteiger partial charge >= 0.3 is 12.0 Å². The van der Waals surface area contributed by atoms with Gasteiger partial charge in [0.25, 0.3) is 5.91 Å². The molecule has 2 heterocycles. The third-order valence-electron chi connectivity index (χ3n) is 6.61. The zero-order valence-electron chi connectivity index (χ0n) is 22.6. The lowest BCUT2D eigenvalue weighted by atomic mass is 10.1. The van der Waals surface area contributed by atoms with E-state index in [4.69, 9.17) is 9.47 Å². The van der Waals surface area contributed by atoms with Gasteiger partial charge in [0.05, 0.1) is 12.3 Å². The first-order valence-electron chi connectivity index (χ1n) is 12.8. The van der Waals surface area contributed by atoms with E-state index < -0.39 is 11.9 Å². The third-order valence-corrected chi connectivity index (χ3v) is 6.61. The summed E-state index contributed by atoms with van der Waals surface area (Å²) in [6, 6.07) is 16.3. The highest BCUT2D eigenvalue weighted by Crippen LogP contribution is 2.23. The van der Waals surface area contributed by atoms with E-state index in [1.54, 1.807) is 16.7 Å². The number of methoxy groups -OCH3 is 1. The summed E-state index contributed by atoms with van der Waals surface area (Å²) in [5.74, 6) is -0.756. The van der Waals surface area contributed by atoms with Gasteiger partial charge in [-0.3, -0.25) is 4.79 Å². The zero-order chi connectivity index (χ0) is 27.9. The first kappa shape index (κ1) is 27.7. The van der Waals surface area contributed by atoms with E-state index in [9.17, 15) is 14.4 Å². The topological polar surface area (TPSA) is 114 Å². The number of nitrogens with zero attached hydrogens (tertiary/aromatic N) is 4. The van der Waals surface area contributed by atoms with Crippen LogP contribution >= 0.6 is 0 Å². The van der Waals surface area contributed by atoms with Crippen LogP contribution < -0.4 is 5.32 Å². The Morgan fingerprint density at radius 1 is 0.974 bits per heavy atom. The van der Waals surface area contributed by atoms with Crippen molar-refractivity contribution in [2.45, 2.75) is 26.8 Å². The van der Waals surface area contributed by atoms with Gasteiger partial charge in [0.1, 0.15) is 17.9 Å². The summed E-state index contributed by atoms with van der Waals surface area (Å²) in [7, 11) is 1.51. The summed E-state index contributed by atoms with van der Waals surface area (Å²) in [5.41, 5.74) is 2.79. The number of ether oxygens (including phenoxy) is 2. The van der Waals surface area contributed by atoms with E-state index in [-0.39, 0.29) is 49.6 Å². The number of urea groups is 1. The SMILES string of the molecule is COCCOC(=O)c1c(C)nc(-c2ccccc2)nc1C(=O)N1CCN(C(=O)Nc2ccccc2C)C(C)C1. The molecule has 0 aliphatic carbocycles. The van der Waals surface area contributed by atoms with Crippen molar-refractivity contribution in [1.82, 2.24) is 19.8 Å². The van der Waals surface area contributed by atoms with Crippen molar-refractivity contribution in [3.8, 4) is 11.4 Å². The minimum Gasteiger partial charge on any atom is -0.460 e. The van der Waals surface area contributed by atoms with Gasteiger partial charge < -0.3 is 24.6 Å². The van der Waals surface area contributed by atoms with Crippen LogP contribution in [0.15, 0.2) is 54.6 Å². The molecule has 1 fully saturated rings. The number of para-hydroxylation sites is 1. The van der Waals surface area contributed by atoms with E-state index in [1.165, 1.54) is 7.11 Å². The lowest BCUT2D eigenvalue weighted by Crippen LogP contribution is -2.56. The molecule has 1 saturated heterocycles. The molecule has 39 heavy (non-hydrogen) atoms. The summed E-state index contributed by atoms with van der Waals surface area (Å²) in [6.07, 6.45) is 0. The average molecular weight is 532 g/mol. The molecule has 1 aliphatic rings. The number of piperazine rings is 1. The minimum absolute atomic E-state index is 0.0196. The minimum atomic E-state index is -0.684. The number of anilines is 1. The van der Waals surface area contributed by atoms with Crippen molar-refractivity contribution in [2.24, 2.45) is 0 Å². The van der Waals surface area contributed by atoms with Crippen LogP contribution in [0, 0.1) is 13.8 Å². The Labute approximate surface area is 228 Å². The van der Waals surface area contributed by atoms with E-state index >= 15 is 0 Å². The molecule has 0 radical (unpaired) electrons. The van der Waals surface area contributed by atoms with Crippen molar-refractivity contribution in [1.29, 1.82) is 0 Å². The van der Waals surface area contributed by atoms with Crippen molar-refractivity contribution < 1.29 is 23.9 Å². The molecule has 0 bridgehead atoms. The maximum atomic E-state index is 13.8. The predicted octanol–water partition coefficient (Wildman–Crippen LogP) is 3.94. The van der Waals surface area contributed by atoms with Crippen LogP contribution in [-0.2, 0) is 9.47 Å². The molecule has 1 aromatic heterocycles. The highest BCUT2D eigenvalue weighted by Gasteiger charge is 2.34. The Morgan fingerprint density at radius 3 is 2.38 bits per heavy atom. The van der Waals surface area contributed by atoms with Gasteiger partial charge in [0, 0.05) is 44.0 Å². The molecule has 10 heteroatoms. The average Bonchev–Trinajstić information content (AvgIpc) is 2.93. The number of hydrogen-bond acceptors (Lipinski definition) is 7. The Balaban J connectivity index is 1.57. The normalized spacial score (nSPS) is 15.1. The maximum Gasteiger partial charge on any atom is 0.342 e. The fourth-order valence-corrected chi connectivity index (χ4v) is 4.47. The Hall–Kier alpha value is -4.31. The van der Waals surface area contributed by atoms with Crippen LogP contribution in [0.2, 0.25) is 0 Å². The fraction of sp³-hybridized carbons (Fsp3) is 0.345. The number of esters is 1. The number of benzene rings is 2. The molecule has 3 aromatic rings. The Bertz CT molecular complexity index is 1350. The number of rotatable bonds is 7. The summed E-state index contributed by atoms with van der Waals surface area (Å²) in [6.45, 7) is 6.63. The van der Waals surface area contributed by atoms with Crippen LogP contribution in [0.4, 0.5) is 10.5 Å². The molecular formula is C29H33N5O5. The quantitative estimate of drug-likeness (QED) is 0.363. The highest BCUT2D eigenvalue weighted by molar-refractivity contribution is 6.05. The molecular weight excluding hydrogens is 498 g/mol.